The minimum Gasteiger partial charge on any atom is -0.507 e. The van der Waals surface area contributed by atoms with Crippen LogP contribution in [0.1, 0.15) is 24.2 Å². The van der Waals surface area contributed by atoms with Gasteiger partial charge < -0.3 is 20.9 Å². The van der Waals surface area contributed by atoms with Crippen molar-refractivity contribution < 1.29 is 15.1 Å². The average Bonchev–Trinajstić information content (AvgIpc) is 2.37. The molecule has 0 aliphatic carbocycles. The standard InChI is InChI=1S/C12H16BrN3O3/c1-7(2)16(6-11(14)15-19)12(18)9-5-8(13)3-4-10(9)17/h3-5,7,17,19H,6H2,1-2H3,(H2,14,15). The van der Waals surface area contributed by atoms with Crippen molar-refractivity contribution in [2.24, 2.45) is 10.9 Å². The van der Waals surface area contributed by atoms with Crippen LogP contribution in [0.5, 0.6) is 5.75 Å². The first kappa shape index (κ1) is 15.3. The normalized spacial score (nSPS) is 11.7. The lowest BCUT2D eigenvalue weighted by atomic mass is 10.1. The number of aromatic hydroxyl groups is 1. The summed E-state index contributed by atoms with van der Waals surface area (Å²) in [7, 11) is 0. The van der Waals surface area contributed by atoms with Gasteiger partial charge in [0.2, 0.25) is 0 Å². The predicted molar refractivity (Wildman–Crippen MR) is 75.4 cm³/mol. The van der Waals surface area contributed by atoms with Crippen LogP contribution in [-0.2, 0) is 0 Å². The first-order valence-electron chi connectivity index (χ1n) is 5.62. The molecule has 0 aliphatic heterocycles. The number of amidine groups is 1. The van der Waals surface area contributed by atoms with E-state index in [0.717, 1.165) is 0 Å². The number of nitrogens with zero attached hydrogens (tertiary/aromatic N) is 2. The number of rotatable bonds is 4. The van der Waals surface area contributed by atoms with Crippen LogP contribution in [0.2, 0.25) is 0 Å². The molecule has 1 amide bonds. The summed E-state index contributed by atoms with van der Waals surface area (Å²) in [6.07, 6.45) is 0. The van der Waals surface area contributed by atoms with Crippen LogP contribution in [0.3, 0.4) is 0 Å². The van der Waals surface area contributed by atoms with Gasteiger partial charge in [0.25, 0.3) is 5.91 Å². The Balaban J connectivity index is 3.09. The molecule has 7 heteroatoms. The Morgan fingerprint density at radius 3 is 2.68 bits per heavy atom. The Morgan fingerprint density at radius 2 is 2.16 bits per heavy atom. The van der Waals surface area contributed by atoms with E-state index in [-0.39, 0.29) is 35.6 Å². The van der Waals surface area contributed by atoms with Gasteiger partial charge in [0.1, 0.15) is 5.75 Å². The second-order valence-corrected chi connectivity index (χ2v) is 5.20. The van der Waals surface area contributed by atoms with Crippen LogP contribution in [-0.4, -0.2) is 39.5 Å². The molecule has 19 heavy (non-hydrogen) atoms. The summed E-state index contributed by atoms with van der Waals surface area (Å²) in [4.78, 5) is 13.8. The van der Waals surface area contributed by atoms with Crippen LogP contribution in [0, 0.1) is 0 Å². The molecular formula is C12H16BrN3O3. The number of halogens is 1. The lowest BCUT2D eigenvalue weighted by Gasteiger charge is -2.26. The third-order valence-corrected chi connectivity index (χ3v) is 3.03. The van der Waals surface area contributed by atoms with Gasteiger partial charge in [-0.1, -0.05) is 21.1 Å². The number of hydrogen-bond acceptors (Lipinski definition) is 4. The van der Waals surface area contributed by atoms with Gasteiger partial charge in [-0.2, -0.15) is 0 Å². The van der Waals surface area contributed by atoms with Crippen molar-refractivity contribution >= 4 is 27.7 Å². The fourth-order valence-corrected chi connectivity index (χ4v) is 1.89. The molecule has 0 bridgehead atoms. The average molecular weight is 330 g/mol. The second kappa shape index (κ2) is 6.42. The summed E-state index contributed by atoms with van der Waals surface area (Å²) in [5.74, 6) is -0.574. The van der Waals surface area contributed by atoms with Gasteiger partial charge in [0.05, 0.1) is 12.1 Å². The molecule has 1 aromatic rings. The minimum atomic E-state index is -0.389. The Labute approximate surface area is 119 Å². The highest BCUT2D eigenvalue weighted by Gasteiger charge is 2.22. The van der Waals surface area contributed by atoms with Crippen LogP contribution in [0.15, 0.2) is 27.8 Å². The number of oxime groups is 1. The Bertz CT molecular complexity index is 503. The molecule has 0 heterocycles. The maximum atomic E-state index is 12.4. The van der Waals surface area contributed by atoms with Crippen LogP contribution in [0.25, 0.3) is 0 Å². The molecule has 0 fully saturated rings. The lowest BCUT2D eigenvalue weighted by molar-refractivity contribution is 0.0731. The molecule has 4 N–H and O–H groups in total. The Hall–Kier alpha value is -1.76. The first-order chi connectivity index (χ1) is 8.86. The number of hydrogen-bond donors (Lipinski definition) is 3. The molecule has 0 radical (unpaired) electrons. The van der Waals surface area contributed by atoms with E-state index in [1.165, 1.54) is 17.0 Å². The smallest absolute Gasteiger partial charge is 0.258 e. The molecule has 0 saturated heterocycles. The third kappa shape index (κ3) is 3.85. The summed E-state index contributed by atoms with van der Waals surface area (Å²) >= 11 is 3.25. The molecule has 0 atom stereocenters. The molecule has 1 aromatic carbocycles. The summed E-state index contributed by atoms with van der Waals surface area (Å²) in [5, 5.41) is 21.2. The number of phenolic OH excluding ortho intramolecular Hbond substituents is 1. The van der Waals surface area contributed by atoms with E-state index in [9.17, 15) is 9.90 Å². The van der Waals surface area contributed by atoms with E-state index in [1.54, 1.807) is 19.9 Å². The molecule has 0 saturated carbocycles. The van der Waals surface area contributed by atoms with Crippen molar-refractivity contribution in [1.82, 2.24) is 4.90 Å². The topological polar surface area (TPSA) is 99.1 Å². The fraction of sp³-hybridized carbons (Fsp3) is 0.333. The molecule has 0 unspecified atom stereocenters. The van der Waals surface area contributed by atoms with Gasteiger partial charge in [0.15, 0.2) is 5.84 Å². The first-order valence-corrected chi connectivity index (χ1v) is 6.42. The van der Waals surface area contributed by atoms with Crippen molar-refractivity contribution in [1.29, 1.82) is 0 Å². The van der Waals surface area contributed by atoms with Crippen molar-refractivity contribution in [2.75, 3.05) is 6.54 Å². The zero-order valence-corrected chi connectivity index (χ0v) is 12.3. The lowest BCUT2D eigenvalue weighted by Crippen LogP contribution is -2.42. The van der Waals surface area contributed by atoms with Crippen LogP contribution >= 0.6 is 15.9 Å². The van der Waals surface area contributed by atoms with E-state index >= 15 is 0 Å². The fourth-order valence-electron chi connectivity index (χ4n) is 1.53. The number of carbonyl (C=O) groups is 1. The van der Waals surface area contributed by atoms with Gasteiger partial charge in [-0.15, -0.1) is 0 Å². The van der Waals surface area contributed by atoms with Gasteiger partial charge in [-0.25, -0.2) is 0 Å². The summed E-state index contributed by atoms with van der Waals surface area (Å²) in [5.41, 5.74) is 5.59. The highest BCUT2D eigenvalue weighted by molar-refractivity contribution is 9.10. The van der Waals surface area contributed by atoms with Crippen molar-refractivity contribution in [3.63, 3.8) is 0 Å². The Kier molecular flexibility index (Phi) is 5.17. The monoisotopic (exact) mass is 329 g/mol. The van der Waals surface area contributed by atoms with E-state index < -0.39 is 0 Å². The number of nitrogens with two attached hydrogens (primary N) is 1. The highest BCUT2D eigenvalue weighted by Crippen LogP contribution is 2.23. The van der Waals surface area contributed by atoms with Crippen molar-refractivity contribution in [3.8, 4) is 5.75 Å². The predicted octanol–water partition coefficient (Wildman–Crippen LogP) is 1.75. The molecule has 6 nitrogen and oxygen atoms in total. The molecule has 0 spiro atoms. The van der Waals surface area contributed by atoms with Crippen molar-refractivity contribution in [2.45, 2.75) is 19.9 Å². The van der Waals surface area contributed by atoms with Crippen LogP contribution in [0.4, 0.5) is 0 Å². The van der Waals surface area contributed by atoms with Gasteiger partial charge in [0, 0.05) is 10.5 Å². The summed E-state index contributed by atoms with van der Waals surface area (Å²) in [6.45, 7) is 3.59. The maximum absolute atomic E-state index is 12.4. The zero-order valence-electron chi connectivity index (χ0n) is 10.7. The van der Waals surface area contributed by atoms with Gasteiger partial charge >= 0.3 is 0 Å². The van der Waals surface area contributed by atoms with Crippen molar-refractivity contribution in [3.05, 3.63) is 28.2 Å². The van der Waals surface area contributed by atoms with E-state index in [2.05, 4.69) is 21.1 Å². The van der Waals surface area contributed by atoms with E-state index in [1.807, 2.05) is 0 Å². The molecule has 0 aromatic heterocycles. The molecule has 0 aliphatic rings. The number of carbonyl (C=O) groups excluding carboxylic acids is 1. The minimum absolute atomic E-state index is 0.0149. The zero-order chi connectivity index (χ0) is 14.6. The number of phenols is 1. The summed E-state index contributed by atoms with van der Waals surface area (Å²) in [6, 6.07) is 4.43. The third-order valence-electron chi connectivity index (χ3n) is 2.53. The van der Waals surface area contributed by atoms with Gasteiger partial charge in [-0.3, -0.25) is 4.79 Å². The van der Waals surface area contributed by atoms with Crippen LogP contribution < -0.4 is 5.73 Å². The highest BCUT2D eigenvalue weighted by atomic mass is 79.9. The maximum Gasteiger partial charge on any atom is 0.258 e. The summed E-state index contributed by atoms with van der Waals surface area (Å²) < 4.78 is 0.682. The SMILES string of the molecule is CC(C)N(C/C(N)=N/O)C(=O)c1cc(Br)ccc1O. The Morgan fingerprint density at radius 1 is 1.53 bits per heavy atom. The molecule has 104 valence electrons. The second-order valence-electron chi connectivity index (χ2n) is 4.28. The molecule has 1 rings (SSSR count). The molecular weight excluding hydrogens is 314 g/mol. The van der Waals surface area contributed by atoms with Gasteiger partial charge in [-0.05, 0) is 32.0 Å². The van der Waals surface area contributed by atoms with E-state index in [0.29, 0.717) is 4.47 Å². The number of amides is 1. The number of benzene rings is 1. The van der Waals surface area contributed by atoms with E-state index in [4.69, 9.17) is 10.9 Å². The largest absolute Gasteiger partial charge is 0.507 e. The quantitative estimate of drug-likeness (QED) is 0.339.